The zero-order valence-electron chi connectivity index (χ0n) is 32.3. The fourth-order valence-corrected chi connectivity index (χ4v) is 6.99. The molecule has 3 heterocycles. The summed E-state index contributed by atoms with van der Waals surface area (Å²) in [6, 6.07) is -3.50. The Morgan fingerprint density at radius 1 is 0.768 bits per heavy atom. The lowest BCUT2D eigenvalue weighted by atomic mass is 9.84. The molecule has 0 radical (unpaired) electrons. The highest BCUT2D eigenvalue weighted by molar-refractivity contribution is 5.82. The van der Waals surface area contributed by atoms with Crippen LogP contribution in [0.25, 0.3) is 0 Å². The third kappa shape index (κ3) is 14.1. The van der Waals surface area contributed by atoms with E-state index in [2.05, 4.69) is 30.6 Å². The maximum atomic E-state index is 12.3. The summed E-state index contributed by atoms with van der Waals surface area (Å²) in [6.45, 7) is 1.74. The Kier molecular flexibility index (Phi) is 19.5. The topological polar surface area (TPSA) is 349 Å². The number of aromatic amines is 2. The van der Waals surface area contributed by atoms with Crippen LogP contribution in [0.5, 0.6) is 0 Å². The predicted molar refractivity (Wildman–Crippen MR) is 206 cm³/mol. The van der Waals surface area contributed by atoms with Crippen molar-refractivity contribution in [3.8, 4) is 0 Å². The zero-order chi connectivity index (χ0) is 40.5. The number of unbranched alkanes of at least 4 members (excludes halogenated alkanes) is 6. The van der Waals surface area contributed by atoms with Gasteiger partial charge in [-0.3, -0.25) is 9.59 Å². The average molecular weight is 795 g/mol. The monoisotopic (exact) mass is 795 g/mol. The summed E-state index contributed by atoms with van der Waals surface area (Å²) in [5.74, 6) is -0.420. The lowest BCUT2D eigenvalue weighted by Gasteiger charge is -2.47. The number of aromatic nitrogens is 4. The van der Waals surface area contributed by atoms with Gasteiger partial charge in [0.25, 0.3) is 0 Å². The molecule has 0 aromatic carbocycles. The van der Waals surface area contributed by atoms with Gasteiger partial charge in [-0.2, -0.15) is 0 Å². The molecule has 318 valence electrons. The minimum atomic E-state index is -1.15. The average Bonchev–Trinajstić information content (AvgIpc) is 3.90. The van der Waals surface area contributed by atoms with E-state index in [9.17, 15) is 19.8 Å². The van der Waals surface area contributed by atoms with Gasteiger partial charge < -0.3 is 84.2 Å². The molecule has 0 spiro atoms. The Balaban J connectivity index is 1.13. The van der Waals surface area contributed by atoms with Crippen molar-refractivity contribution in [2.75, 3.05) is 32.8 Å². The van der Waals surface area contributed by atoms with Gasteiger partial charge in [0, 0.05) is 81.6 Å². The number of nitrogens with two attached hydrogens (primary N) is 6. The number of ether oxygens (including phenoxy) is 4. The van der Waals surface area contributed by atoms with Crippen molar-refractivity contribution in [2.24, 2.45) is 34.4 Å². The number of carbonyl (C=O) groups is 2. The number of amides is 2. The van der Waals surface area contributed by atoms with Gasteiger partial charge in [-0.25, -0.2) is 9.97 Å². The van der Waals surface area contributed by atoms with Crippen molar-refractivity contribution in [3.63, 3.8) is 0 Å². The fourth-order valence-electron chi connectivity index (χ4n) is 6.99. The van der Waals surface area contributed by atoms with Crippen LogP contribution >= 0.6 is 0 Å². The van der Waals surface area contributed by atoms with E-state index in [0.29, 0.717) is 45.6 Å². The van der Waals surface area contributed by atoms with Gasteiger partial charge in [-0.1, -0.05) is 25.7 Å². The molecule has 18 N–H and O–H groups in total. The molecule has 20 nitrogen and oxygen atoms in total. The normalized spacial score (nSPS) is 29.1. The van der Waals surface area contributed by atoms with Crippen LogP contribution in [0, 0.1) is 0 Å². The number of carbonyl (C=O) groups excluding carboxylic acids is 2. The van der Waals surface area contributed by atoms with E-state index < -0.39 is 73.1 Å². The quantitative estimate of drug-likeness (QED) is 0.0442. The van der Waals surface area contributed by atoms with E-state index in [-0.39, 0.29) is 24.8 Å². The fraction of sp³-hybridized carbons (Fsp3) is 0.778. The summed E-state index contributed by atoms with van der Waals surface area (Å²) in [7, 11) is 0. The number of hydrogen-bond acceptors (Lipinski definition) is 16. The van der Waals surface area contributed by atoms with Gasteiger partial charge in [-0.05, 0) is 32.1 Å². The molecule has 1 aliphatic heterocycles. The first-order valence-corrected chi connectivity index (χ1v) is 19.9. The van der Waals surface area contributed by atoms with Gasteiger partial charge in [-0.15, -0.1) is 0 Å². The van der Waals surface area contributed by atoms with E-state index in [0.717, 1.165) is 56.3 Å². The van der Waals surface area contributed by atoms with E-state index in [1.807, 2.05) is 0 Å². The highest BCUT2D eigenvalue weighted by Crippen LogP contribution is 2.30. The molecule has 1 saturated heterocycles. The molecule has 0 unspecified atom stereocenters. The van der Waals surface area contributed by atoms with Crippen LogP contribution in [0.2, 0.25) is 0 Å². The number of rotatable bonds is 25. The molecule has 1 aliphatic carbocycles. The number of aliphatic hydroxyl groups excluding tert-OH is 2. The molecule has 1 saturated carbocycles. The number of hydrogen-bond donors (Lipinski definition) is 12. The Hall–Kier alpha value is -3.12. The summed E-state index contributed by atoms with van der Waals surface area (Å²) in [4.78, 5) is 38.3. The highest BCUT2D eigenvalue weighted by atomic mass is 16.7. The first-order valence-electron chi connectivity index (χ1n) is 19.9. The molecule has 0 bridgehead atoms. The Morgan fingerprint density at radius 2 is 1.29 bits per heavy atom. The number of nitrogens with one attached hydrogen (secondary N) is 4. The third-order valence-electron chi connectivity index (χ3n) is 10.3. The highest BCUT2D eigenvalue weighted by Gasteiger charge is 2.49. The van der Waals surface area contributed by atoms with Crippen LogP contribution < -0.4 is 45.0 Å². The van der Waals surface area contributed by atoms with Crippen LogP contribution in [-0.4, -0.2) is 148 Å². The molecule has 56 heavy (non-hydrogen) atoms. The van der Waals surface area contributed by atoms with Gasteiger partial charge in [0.05, 0.1) is 36.9 Å². The van der Waals surface area contributed by atoms with Crippen LogP contribution in [-0.2, 0) is 41.4 Å². The summed E-state index contributed by atoms with van der Waals surface area (Å²) < 4.78 is 24.6. The second kappa shape index (κ2) is 24.0. The zero-order valence-corrected chi connectivity index (χ0v) is 32.3. The molecule has 2 aromatic heterocycles. The Labute approximate surface area is 328 Å². The molecular weight excluding hydrogens is 728 g/mol. The minimum Gasteiger partial charge on any atom is -0.389 e. The molecule has 2 aliphatic rings. The van der Waals surface area contributed by atoms with Crippen LogP contribution in [0.15, 0.2) is 25.0 Å². The lowest BCUT2D eigenvalue weighted by Crippen LogP contribution is -2.68. The van der Waals surface area contributed by atoms with Gasteiger partial charge in [0.15, 0.2) is 6.29 Å². The number of imidazole rings is 2. The predicted octanol–water partition coefficient (Wildman–Crippen LogP) is -3.13. The summed E-state index contributed by atoms with van der Waals surface area (Å²) in [5.41, 5.74) is 38.7. The van der Waals surface area contributed by atoms with Crippen molar-refractivity contribution in [3.05, 3.63) is 36.4 Å². The van der Waals surface area contributed by atoms with Crippen molar-refractivity contribution in [1.29, 1.82) is 0 Å². The van der Waals surface area contributed by atoms with Crippen molar-refractivity contribution < 1.29 is 38.7 Å². The molecule has 4 rings (SSSR count). The first-order chi connectivity index (χ1) is 27.0. The van der Waals surface area contributed by atoms with Gasteiger partial charge in [0.1, 0.15) is 30.5 Å². The van der Waals surface area contributed by atoms with E-state index in [4.69, 9.17) is 53.3 Å². The van der Waals surface area contributed by atoms with Gasteiger partial charge >= 0.3 is 0 Å². The Bertz CT molecular complexity index is 1380. The maximum absolute atomic E-state index is 12.3. The largest absolute Gasteiger partial charge is 0.389 e. The van der Waals surface area contributed by atoms with Crippen LogP contribution in [0.4, 0.5) is 0 Å². The number of H-pyrrole nitrogens is 2. The third-order valence-corrected chi connectivity index (χ3v) is 10.3. The standard InChI is InChI=1S/C36H66N12O8/c37-16-27-32(53-11-7-3-1-5-9-45-34(51)25(40)13-21-17-43-19-47-21)30(50)28(42)36(55-27)56-31-24(39)15-23(38)29(49)33(31)54-12-8-4-2-6-10-46-35(52)26(41)14-22-18-44-20-48-22/h17-20,23-33,36,49-50H,1-16,37-42H2,(H,43,47)(H,44,48)(H,45,51)(H,46,52)/t23-,24+,25-,26-,27-,28-,29+,30-,31-,32-,33-,36-/m1/s1. The second-order valence-corrected chi connectivity index (χ2v) is 14.9. The lowest BCUT2D eigenvalue weighted by molar-refractivity contribution is -0.296. The SMILES string of the molecule is NC[C@H]1O[C@H](O[C@H]2[C@H](OCCCCCCNC(=O)[C@H](N)Cc3cnc[nH]3)[C@@H](O)[C@H](N)C[C@@H]2N)[C@H](N)[C@@H](O)[C@@H]1OCCCCCCNC(=O)[C@H](N)Cc1cnc[nH]1. The van der Waals surface area contributed by atoms with Crippen LogP contribution in [0.1, 0.15) is 69.2 Å². The maximum Gasteiger partial charge on any atom is 0.237 e. The van der Waals surface area contributed by atoms with Gasteiger partial charge in [0.2, 0.25) is 11.8 Å². The molecule has 20 heteroatoms. The summed E-state index contributed by atoms with van der Waals surface area (Å²) in [6.07, 6.45) is 7.36. The van der Waals surface area contributed by atoms with Crippen LogP contribution in [0.3, 0.4) is 0 Å². The Morgan fingerprint density at radius 3 is 1.79 bits per heavy atom. The summed E-state index contributed by atoms with van der Waals surface area (Å²) in [5, 5.41) is 27.9. The number of nitrogens with zero attached hydrogens (tertiary/aromatic N) is 2. The molecular formula is C36H66N12O8. The molecule has 2 amide bonds. The van der Waals surface area contributed by atoms with E-state index in [1.165, 1.54) is 0 Å². The molecule has 12 atom stereocenters. The molecule has 2 aromatic rings. The molecule has 2 fully saturated rings. The second-order valence-electron chi connectivity index (χ2n) is 14.9. The summed E-state index contributed by atoms with van der Waals surface area (Å²) >= 11 is 0. The van der Waals surface area contributed by atoms with Crippen molar-refractivity contribution in [2.45, 2.75) is 144 Å². The number of aliphatic hydroxyl groups is 2. The first kappa shape index (κ1) is 45.6. The van der Waals surface area contributed by atoms with Crippen molar-refractivity contribution in [1.82, 2.24) is 30.6 Å². The van der Waals surface area contributed by atoms with E-state index >= 15 is 0 Å². The smallest absolute Gasteiger partial charge is 0.237 e. The van der Waals surface area contributed by atoms with Crippen molar-refractivity contribution >= 4 is 11.8 Å². The van der Waals surface area contributed by atoms with E-state index in [1.54, 1.807) is 25.0 Å². The minimum absolute atomic E-state index is 0.0440.